The molecule has 110 valence electrons. The van der Waals surface area contributed by atoms with Gasteiger partial charge in [-0.25, -0.2) is 4.39 Å². The van der Waals surface area contributed by atoms with Gasteiger partial charge in [-0.2, -0.15) is 14.4 Å². The van der Waals surface area contributed by atoms with Gasteiger partial charge in [-0.3, -0.25) is 10.1 Å². The van der Waals surface area contributed by atoms with Gasteiger partial charge in [-0.1, -0.05) is 0 Å². The van der Waals surface area contributed by atoms with E-state index < -0.39 is 28.0 Å². The fourth-order valence-corrected chi connectivity index (χ4v) is 1.43. The lowest BCUT2D eigenvalue weighted by Gasteiger charge is -2.08. The molecule has 2 rings (SSSR count). The second-order valence-electron chi connectivity index (χ2n) is 3.70. The summed E-state index contributed by atoms with van der Waals surface area (Å²) in [6.45, 7) is 0. The van der Waals surface area contributed by atoms with Crippen molar-refractivity contribution in [2.45, 2.75) is 0 Å². The first kappa shape index (κ1) is 14.4. The van der Waals surface area contributed by atoms with E-state index in [1.807, 2.05) is 0 Å². The van der Waals surface area contributed by atoms with Crippen molar-refractivity contribution in [2.24, 2.45) is 0 Å². The first-order chi connectivity index (χ1) is 9.90. The molecule has 0 aliphatic heterocycles. The molecule has 1 aromatic heterocycles. The number of rotatable bonds is 4. The summed E-state index contributed by atoms with van der Waals surface area (Å²) < 4.78 is 36.9. The number of methoxy groups -OCH3 is 1. The van der Waals surface area contributed by atoms with Crippen molar-refractivity contribution in [1.82, 2.24) is 9.97 Å². The molecule has 1 heterocycles. The van der Waals surface area contributed by atoms with E-state index in [-0.39, 0.29) is 17.7 Å². The number of halogens is 2. The van der Waals surface area contributed by atoms with Gasteiger partial charge in [0.25, 0.3) is 0 Å². The lowest BCUT2D eigenvalue weighted by atomic mass is 10.3. The lowest BCUT2D eigenvalue weighted by Crippen LogP contribution is -2.01. The molecule has 2 N–H and O–H groups in total. The maximum Gasteiger partial charge on any atom is 0.307 e. The molecule has 0 aliphatic rings. The maximum atomic E-state index is 13.7. The molecule has 0 atom stereocenters. The first-order valence-corrected chi connectivity index (χ1v) is 5.40. The van der Waals surface area contributed by atoms with Crippen LogP contribution >= 0.6 is 0 Å². The van der Waals surface area contributed by atoms with Crippen LogP contribution in [0.25, 0.3) is 0 Å². The zero-order chi connectivity index (χ0) is 15.6. The third-order valence-electron chi connectivity index (χ3n) is 2.32. The number of nitrogens with zero attached hydrogens (tertiary/aromatic N) is 3. The van der Waals surface area contributed by atoms with Crippen LogP contribution in [0.3, 0.4) is 0 Å². The normalized spacial score (nSPS) is 10.2. The Labute approximate surface area is 116 Å². The minimum Gasteiger partial charge on any atom is -0.481 e. The number of nitrogens with two attached hydrogens (primary N) is 1. The molecule has 0 aliphatic carbocycles. The quantitative estimate of drug-likeness (QED) is 0.678. The molecule has 0 saturated heterocycles. The zero-order valence-electron chi connectivity index (χ0n) is 10.5. The van der Waals surface area contributed by atoms with Crippen LogP contribution in [-0.4, -0.2) is 22.0 Å². The Morgan fingerprint density at radius 2 is 1.86 bits per heavy atom. The Balaban J connectivity index is 2.38. The number of hydrogen-bond donors (Lipinski definition) is 1. The van der Waals surface area contributed by atoms with Crippen LogP contribution < -0.4 is 15.2 Å². The van der Waals surface area contributed by atoms with Gasteiger partial charge in [0.1, 0.15) is 0 Å². The van der Waals surface area contributed by atoms with Crippen LogP contribution in [0.5, 0.6) is 17.5 Å². The molecular formula is C11H8F2N4O4. The Hall–Kier alpha value is -3.04. The lowest BCUT2D eigenvalue weighted by molar-refractivity contribution is -0.387. The molecular weight excluding hydrogens is 290 g/mol. The molecule has 10 heteroatoms. The molecule has 8 nitrogen and oxygen atoms in total. The highest BCUT2D eigenvalue weighted by Crippen LogP contribution is 2.30. The summed E-state index contributed by atoms with van der Waals surface area (Å²) in [5, 5.41) is 10.5. The van der Waals surface area contributed by atoms with E-state index in [1.54, 1.807) is 0 Å². The molecule has 0 radical (unpaired) electrons. The van der Waals surface area contributed by atoms with Gasteiger partial charge in [0.05, 0.1) is 24.2 Å². The van der Waals surface area contributed by atoms with E-state index in [0.717, 1.165) is 0 Å². The fourth-order valence-electron chi connectivity index (χ4n) is 1.43. The third-order valence-corrected chi connectivity index (χ3v) is 2.32. The summed E-state index contributed by atoms with van der Waals surface area (Å²) in [7, 11) is 1.32. The van der Waals surface area contributed by atoms with E-state index in [2.05, 4.69) is 9.97 Å². The third kappa shape index (κ3) is 3.11. The van der Waals surface area contributed by atoms with Crippen LogP contribution in [0.15, 0.2) is 18.2 Å². The predicted molar refractivity (Wildman–Crippen MR) is 66.1 cm³/mol. The maximum absolute atomic E-state index is 13.7. The number of benzene rings is 1. The van der Waals surface area contributed by atoms with Crippen molar-refractivity contribution >= 4 is 11.6 Å². The number of ether oxygens (including phenoxy) is 2. The van der Waals surface area contributed by atoms with Crippen molar-refractivity contribution in [1.29, 1.82) is 0 Å². The number of nitrogen functional groups attached to an aromatic ring is 1. The average molecular weight is 298 g/mol. The van der Waals surface area contributed by atoms with Gasteiger partial charge in [0.2, 0.25) is 23.5 Å². The van der Waals surface area contributed by atoms with Gasteiger partial charge in [0.15, 0.2) is 11.6 Å². The second kappa shape index (κ2) is 5.53. The molecule has 0 bridgehead atoms. The second-order valence-corrected chi connectivity index (χ2v) is 3.70. The predicted octanol–water partition coefficient (Wildman–Crippen LogP) is 2.05. The summed E-state index contributed by atoms with van der Waals surface area (Å²) in [5.74, 6) is -3.30. The van der Waals surface area contributed by atoms with Crippen molar-refractivity contribution in [3.05, 3.63) is 39.9 Å². The molecule has 0 spiro atoms. The monoisotopic (exact) mass is 298 g/mol. The van der Waals surface area contributed by atoms with E-state index >= 15 is 0 Å². The number of nitro groups is 1. The fraction of sp³-hybridized carbons (Fsp3) is 0.0909. The van der Waals surface area contributed by atoms with Crippen LogP contribution in [0.1, 0.15) is 0 Å². The minimum atomic E-state index is -1.25. The Morgan fingerprint density at radius 3 is 2.48 bits per heavy atom. The number of aromatic nitrogens is 2. The van der Waals surface area contributed by atoms with Crippen LogP contribution in [-0.2, 0) is 0 Å². The number of nitro benzene ring substituents is 1. The van der Waals surface area contributed by atoms with Gasteiger partial charge >= 0.3 is 5.69 Å². The van der Waals surface area contributed by atoms with E-state index in [4.69, 9.17) is 15.2 Å². The summed E-state index contributed by atoms with van der Waals surface area (Å²) in [6.07, 6.45) is 0. The van der Waals surface area contributed by atoms with Crippen molar-refractivity contribution in [3.8, 4) is 17.5 Å². The molecule has 0 unspecified atom stereocenters. The van der Waals surface area contributed by atoms with Crippen LogP contribution in [0.2, 0.25) is 0 Å². The molecule has 0 amide bonds. The highest BCUT2D eigenvalue weighted by molar-refractivity contribution is 5.41. The largest absolute Gasteiger partial charge is 0.481 e. The molecule has 0 saturated carbocycles. The summed E-state index contributed by atoms with van der Waals surface area (Å²) in [6, 6.07) is 2.14. The van der Waals surface area contributed by atoms with Crippen molar-refractivity contribution in [3.63, 3.8) is 0 Å². The standard InChI is InChI=1S/C11H8F2N4O4/c1-20-9-4-10(16-11(14)15-9)21-8-3-5(12)7(17(18)19)2-6(8)13/h2-4H,1H3,(H2,14,15,16). The summed E-state index contributed by atoms with van der Waals surface area (Å²) >= 11 is 0. The Morgan fingerprint density at radius 1 is 1.19 bits per heavy atom. The molecule has 2 aromatic rings. The van der Waals surface area contributed by atoms with Gasteiger partial charge in [-0.05, 0) is 0 Å². The first-order valence-electron chi connectivity index (χ1n) is 5.40. The van der Waals surface area contributed by atoms with Gasteiger partial charge in [0, 0.05) is 6.07 Å². The molecule has 0 fully saturated rings. The molecule has 1 aromatic carbocycles. The Bertz CT molecular complexity index is 711. The molecule has 21 heavy (non-hydrogen) atoms. The van der Waals surface area contributed by atoms with Gasteiger partial charge < -0.3 is 15.2 Å². The number of hydrogen-bond acceptors (Lipinski definition) is 7. The summed E-state index contributed by atoms with van der Waals surface area (Å²) in [4.78, 5) is 16.8. The van der Waals surface area contributed by atoms with Crippen LogP contribution in [0.4, 0.5) is 20.4 Å². The van der Waals surface area contributed by atoms with E-state index in [1.165, 1.54) is 13.2 Å². The SMILES string of the molecule is COc1cc(Oc2cc(F)c([N+](=O)[O-])cc2F)nc(N)n1. The smallest absolute Gasteiger partial charge is 0.307 e. The summed E-state index contributed by atoms with van der Waals surface area (Å²) in [5.41, 5.74) is 4.38. The van der Waals surface area contributed by atoms with E-state index in [0.29, 0.717) is 12.1 Å². The highest BCUT2D eigenvalue weighted by Gasteiger charge is 2.20. The van der Waals surface area contributed by atoms with Crippen LogP contribution in [0, 0.1) is 21.7 Å². The topological polar surface area (TPSA) is 113 Å². The van der Waals surface area contributed by atoms with Crippen molar-refractivity contribution < 1.29 is 23.2 Å². The van der Waals surface area contributed by atoms with E-state index in [9.17, 15) is 18.9 Å². The Kier molecular flexibility index (Phi) is 3.78. The highest BCUT2D eigenvalue weighted by atomic mass is 19.1. The van der Waals surface area contributed by atoms with Crippen molar-refractivity contribution in [2.75, 3.05) is 12.8 Å². The number of anilines is 1. The average Bonchev–Trinajstić information content (AvgIpc) is 2.41. The van der Waals surface area contributed by atoms with Gasteiger partial charge in [-0.15, -0.1) is 0 Å². The minimum absolute atomic E-state index is 0.0558. The zero-order valence-corrected chi connectivity index (χ0v) is 10.5.